The molecule has 0 aliphatic rings. The lowest BCUT2D eigenvalue weighted by Crippen LogP contribution is -2.35. The average Bonchev–Trinajstić information content (AvgIpc) is 2.41. The van der Waals surface area contributed by atoms with Crippen molar-refractivity contribution in [1.82, 2.24) is 4.90 Å². The van der Waals surface area contributed by atoms with E-state index in [2.05, 4.69) is 6.92 Å². The predicted molar refractivity (Wildman–Crippen MR) is 74.1 cm³/mol. The van der Waals surface area contributed by atoms with E-state index in [1.807, 2.05) is 6.92 Å². The third-order valence-corrected chi connectivity index (χ3v) is 3.06. The van der Waals surface area contributed by atoms with Crippen LogP contribution < -0.4 is 4.74 Å². The maximum absolute atomic E-state index is 13.0. The number of halogens is 2. The summed E-state index contributed by atoms with van der Waals surface area (Å²) >= 11 is 5.64. The summed E-state index contributed by atoms with van der Waals surface area (Å²) in [7, 11) is 0. The quantitative estimate of drug-likeness (QED) is 0.768. The minimum atomic E-state index is -0.501. The first-order valence-electron chi connectivity index (χ1n) is 6.44. The molecule has 106 valence electrons. The molecule has 0 atom stereocenters. The van der Waals surface area contributed by atoms with Crippen molar-refractivity contribution in [2.45, 2.75) is 26.7 Å². The van der Waals surface area contributed by atoms with Gasteiger partial charge in [-0.3, -0.25) is 4.79 Å². The Balaban J connectivity index is 2.50. The summed E-state index contributed by atoms with van der Waals surface area (Å²) in [5, 5.41) is -0.0109. The van der Waals surface area contributed by atoms with Gasteiger partial charge in [0, 0.05) is 19.2 Å². The van der Waals surface area contributed by atoms with Crippen molar-refractivity contribution in [2.75, 3.05) is 19.7 Å². The molecule has 0 N–H and O–H groups in total. The fraction of sp³-hybridized carbons (Fsp3) is 0.500. The Kier molecular flexibility index (Phi) is 6.64. The van der Waals surface area contributed by atoms with Gasteiger partial charge in [0.1, 0.15) is 11.6 Å². The first-order chi connectivity index (χ1) is 9.08. The number of benzene rings is 1. The first kappa shape index (κ1) is 15.8. The molecule has 0 radical (unpaired) electrons. The van der Waals surface area contributed by atoms with E-state index in [4.69, 9.17) is 16.3 Å². The summed E-state index contributed by atoms with van der Waals surface area (Å²) in [6, 6.07) is 4.04. The number of hydrogen-bond donors (Lipinski definition) is 0. The molecule has 0 heterocycles. The van der Waals surface area contributed by atoms with Crippen molar-refractivity contribution in [2.24, 2.45) is 0 Å². The van der Waals surface area contributed by atoms with E-state index >= 15 is 0 Å². The van der Waals surface area contributed by atoms with Crippen molar-refractivity contribution in [3.8, 4) is 5.75 Å². The molecule has 0 aliphatic heterocycles. The number of carbonyl (C=O) groups excluding carboxylic acids is 1. The Morgan fingerprint density at radius 3 is 2.74 bits per heavy atom. The Morgan fingerprint density at radius 2 is 2.16 bits per heavy atom. The average molecular weight is 288 g/mol. The molecule has 0 spiro atoms. The highest BCUT2D eigenvalue weighted by molar-refractivity contribution is 6.30. The van der Waals surface area contributed by atoms with Crippen molar-refractivity contribution in [3.63, 3.8) is 0 Å². The van der Waals surface area contributed by atoms with Gasteiger partial charge in [-0.25, -0.2) is 4.39 Å². The zero-order valence-electron chi connectivity index (χ0n) is 11.3. The summed E-state index contributed by atoms with van der Waals surface area (Å²) in [4.78, 5) is 13.6. The van der Waals surface area contributed by atoms with Crippen LogP contribution in [0.25, 0.3) is 0 Å². The van der Waals surface area contributed by atoms with E-state index < -0.39 is 5.82 Å². The SMILES string of the molecule is CCCCN(CC)C(=O)COc1ccc(F)c(Cl)c1. The monoisotopic (exact) mass is 287 g/mol. The van der Waals surface area contributed by atoms with Gasteiger partial charge in [-0.05, 0) is 25.5 Å². The minimum Gasteiger partial charge on any atom is -0.484 e. The molecule has 0 unspecified atom stereocenters. The second kappa shape index (κ2) is 8.00. The minimum absolute atomic E-state index is 0.0109. The molecule has 0 saturated carbocycles. The number of amides is 1. The Morgan fingerprint density at radius 1 is 1.42 bits per heavy atom. The highest BCUT2D eigenvalue weighted by Crippen LogP contribution is 2.21. The second-order valence-corrected chi connectivity index (χ2v) is 4.60. The lowest BCUT2D eigenvalue weighted by Gasteiger charge is -2.20. The van der Waals surface area contributed by atoms with Gasteiger partial charge < -0.3 is 9.64 Å². The maximum atomic E-state index is 13.0. The highest BCUT2D eigenvalue weighted by atomic mass is 35.5. The Labute approximate surface area is 118 Å². The van der Waals surface area contributed by atoms with Crippen LogP contribution in [-0.4, -0.2) is 30.5 Å². The zero-order valence-corrected chi connectivity index (χ0v) is 12.0. The van der Waals surface area contributed by atoms with Gasteiger partial charge >= 0.3 is 0 Å². The maximum Gasteiger partial charge on any atom is 0.260 e. The number of carbonyl (C=O) groups is 1. The molecular formula is C14H19ClFNO2. The van der Waals surface area contributed by atoms with E-state index in [0.717, 1.165) is 19.4 Å². The van der Waals surface area contributed by atoms with Crippen LogP contribution in [0, 0.1) is 5.82 Å². The van der Waals surface area contributed by atoms with Crippen molar-refractivity contribution < 1.29 is 13.9 Å². The molecule has 0 aromatic heterocycles. The number of likely N-dealkylation sites (N-methyl/N-ethyl adjacent to an activating group) is 1. The summed E-state index contributed by atoms with van der Waals surface area (Å²) in [6.45, 7) is 5.35. The number of nitrogens with zero attached hydrogens (tertiary/aromatic N) is 1. The van der Waals surface area contributed by atoms with Crippen molar-refractivity contribution >= 4 is 17.5 Å². The van der Waals surface area contributed by atoms with E-state index in [0.29, 0.717) is 12.3 Å². The van der Waals surface area contributed by atoms with Crippen LogP contribution in [0.15, 0.2) is 18.2 Å². The van der Waals surface area contributed by atoms with Crippen LogP contribution in [0.3, 0.4) is 0 Å². The van der Waals surface area contributed by atoms with E-state index in [1.165, 1.54) is 18.2 Å². The van der Waals surface area contributed by atoms with Crippen LogP contribution in [0.4, 0.5) is 4.39 Å². The Bertz CT molecular complexity index is 426. The van der Waals surface area contributed by atoms with Gasteiger partial charge in [-0.1, -0.05) is 24.9 Å². The van der Waals surface area contributed by atoms with Crippen molar-refractivity contribution in [3.05, 3.63) is 29.0 Å². The van der Waals surface area contributed by atoms with Gasteiger partial charge in [0.25, 0.3) is 5.91 Å². The molecule has 0 saturated heterocycles. The largest absolute Gasteiger partial charge is 0.484 e. The molecule has 0 fully saturated rings. The van der Waals surface area contributed by atoms with Crippen molar-refractivity contribution in [1.29, 1.82) is 0 Å². The number of ether oxygens (including phenoxy) is 1. The Hall–Kier alpha value is -1.29. The number of unbranched alkanes of at least 4 members (excludes halogenated alkanes) is 1. The summed E-state index contributed by atoms with van der Waals surface area (Å²) in [5.41, 5.74) is 0. The molecule has 19 heavy (non-hydrogen) atoms. The molecule has 0 aliphatic carbocycles. The van der Waals surface area contributed by atoms with E-state index in [1.54, 1.807) is 4.90 Å². The van der Waals surface area contributed by atoms with Gasteiger partial charge in [-0.15, -0.1) is 0 Å². The molecule has 1 aromatic carbocycles. The summed E-state index contributed by atoms with van der Waals surface area (Å²) in [5.74, 6) is -0.179. The lowest BCUT2D eigenvalue weighted by atomic mass is 10.3. The number of hydrogen-bond acceptors (Lipinski definition) is 2. The molecule has 5 heteroatoms. The van der Waals surface area contributed by atoms with Crippen LogP contribution in [-0.2, 0) is 4.79 Å². The third-order valence-electron chi connectivity index (χ3n) is 2.77. The van der Waals surface area contributed by atoms with E-state index in [9.17, 15) is 9.18 Å². The fourth-order valence-corrected chi connectivity index (χ4v) is 1.78. The molecular weight excluding hydrogens is 269 g/mol. The fourth-order valence-electron chi connectivity index (χ4n) is 1.61. The third kappa shape index (κ3) is 5.07. The van der Waals surface area contributed by atoms with Gasteiger partial charge in [0.05, 0.1) is 5.02 Å². The molecule has 3 nitrogen and oxygen atoms in total. The predicted octanol–water partition coefficient (Wildman–Crippen LogP) is 3.51. The molecule has 1 amide bonds. The summed E-state index contributed by atoms with van der Waals surface area (Å²) < 4.78 is 18.3. The standard InChI is InChI=1S/C14H19ClFNO2/c1-3-5-8-17(4-2)14(18)10-19-11-6-7-13(16)12(15)9-11/h6-7,9H,3-5,8,10H2,1-2H3. The topological polar surface area (TPSA) is 29.5 Å². The van der Waals surface area contributed by atoms with Gasteiger partial charge in [0.15, 0.2) is 6.61 Å². The van der Waals surface area contributed by atoms with Crippen LogP contribution in [0.2, 0.25) is 5.02 Å². The molecule has 1 rings (SSSR count). The van der Waals surface area contributed by atoms with Crippen LogP contribution in [0.5, 0.6) is 5.75 Å². The zero-order chi connectivity index (χ0) is 14.3. The highest BCUT2D eigenvalue weighted by Gasteiger charge is 2.12. The lowest BCUT2D eigenvalue weighted by molar-refractivity contribution is -0.133. The first-order valence-corrected chi connectivity index (χ1v) is 6.81. The normalized spacial score (nSPS) is 10.3. The smallest absolute Gasteiger partial charge is 0.260 e. The van der Waals surface area contributed by atoms with E-state index in [-0.39, 0.29) is 17.5 Å². The number of rotatable bonds is 7. The molecule has 0 bridgehead atoms. The van der Waals surface area contributed by atoms with Gasteiger partial charge in [0.2, 0.25) is 0 Å². The second-order valence-electron chi connectivity index (χ2n) is 4.19. The van der Waals surface area contributed by atoms with Gasteiger partial charge in [-0.2, -0.15) is 0 Å². The van der Waals surface area contributed by atoms with Crippen LogP contribution in [0.1, 0.15) is 26.7 Å². The summed E-state index contributed by atoms with van der Waals surface area (Å²) in [6.07, 6.45) is 2.01. The molecule has 1 aromatic rings. The van der Waals surface area contributed by atoms with Crippen LogP contribution >= 0.6 is 11.6 Å².